The molecule has 0 aliphatic carbocycles. The summed E-state index contributed by atoms with van der Waals surface area (Å²) >= 11 is 0. The molecule has 0 saturated carbocycles. The van der Waals surface area contributed by atoms with Gasteiger partial charge >= 0.3 is 0 Å². The molecule has 0 aromatic rings. The zero-order chi connectivity index (χ0) is 10.1. The number of allylic oxidation sites excluding steroid dienone is 1. The third-order valence-electron chi connectivity index (χ3n) is 1.99. The van der Waals surface area contributed by atoms with Crippen LogP contribution in [0.5, 0.6) is 0 Å². The number of hydrogen-bond acceptors (Lipinski definition) is 2. The van der Waals surface area contributed by atoms with E-state index in [-0.39, 0.29) is 6.10 Å². The zero-order valence-electron chi connectivity index (χ0n) is 8.62. The van der Waals surface area contributed by atoms with Crippen LogP contribution in [0.25, 0.3) is 0 Å². The monoisotopic (exact) mass is 184 g/mol. The second-order valence-corrected chi connectivity index (χ2v) is 3.45. The minimum absolute atomic E-state index is 0.369. The van der Waals surface area contributed by atoms with Crippen molar-refractivity contribution in [2.75, 3.05) is 0 Å². The van der Waals surface area contributed by atoms with Gasteiger partial charge in [0.1, 0.15) is 6.29 Å². The lowest BCUT2D eigenvalue weighted by atomic mass is 10.1. The smallest absolute Gasteiger partial charge is 0.124 e. The van der Waals surface area contributed by atoms with Gasteiger partial charge in [-0.1, -0.05) is 37.8 Å². The summed E-state index contributed by atoms with van der Waals surface area (Å²) in [7, 11) is 0. The summed E-state index contributed by atoms with van der Waals surface area (Å²) in [6, 6.07) is 0. The Morgan fingerprint density at radius 2 is 2.15 bits per heavy atom. The lowest BCUT2D eigenvalue weighted by molar-refractivity contribution is -0.107. The van der Waals surface area contributed by atoms with Crippen molar-refractivity contribution in [1.29, 1.82) is 0 Å². The second-order valence-electron chi connectivity index (χ2n) is 3.45. The number of hydrogen-bond donors (Lipinski definition) is 1. The summed E-state index contributed by atoms with van der Waals surface area (Å²) in [5.41, 5.74) is 0.957. The summed E-state index contributed by atoms with van der Waals surface area (Å²) < 4.78 is 0. The average molecular weight is 184 g/mol. The molecule has 0 spiro atoms. The van der Waals surface area contributed by atoms with Crippen molar-refractivity contribution < 1.29 is 9.90 Å². The van der Waals surface area contributed by atoms with Crippen LogP contribution < -0.4 is 0 Å². The fourth-order valence-electron chi connectivity index (χ4n) is 1.21. The largest absolute Gasteiger partial charge is 0.389 e. The molecule has 0 aliphatic rings. The minimum atomic E-state index is -0.369. The molecule has 1 unspecified atom stereocenters. The SMILES string of the molecule is CCCCCC(O)/C=C(\C)CC=O. The van der Waals surface area contributed by atoms with Crippen LogP contribution in [0.15, 0.2) is 11.6 Å². The maximum atomic E-state index is 10.1. The molecule has 0 saturated heterocycles. The van der Waals surface area contributed by atoms with Crippen LogP contribution in [-0.2, 0) is 4.79 Å². The molecular formula is C11H20O2. The predicted octanol–water partition coefficient (Wildman–Crippen LogP) is 2.46. The molecule has 0 aromatic carbocycles. The van der Waals surface area contributed by atoms with Gasteiger partial charge in [0, 0.05) is 6.42 Å². The van der Waals surface area contributed by atoms with Gasteiger partial charge in [0.25, 0.3) is 0 Å². The van der Waals surface area contributed by atoms with Crippen molar-refractivity contribution in [1.82, 2.24) is 0 Å². The molecule has 76 valence electrons. The highest BCUT2D eigenvalue weighted by Crippen LogP contribution is 2.07. The molecular weight excluding hydrogens is 164 g/mol. The van der Waals surface area contributed by atoms with E-state index in [4.69, 9.17) is 0 Å². The highest BCUT2D eigenvalue weighted by molar-refractivity contribution is 5.53. The van der Waals surface area contributed by atoms with Gasteiger partial charge < -0.3 is 9.90 Å². The number of rotatable bonds is 7. The summed E-state index contributed by atoms with van der Waals surface area (Å²) in [5.74, 6) is 0. The van der Waals surface area contributed by atoms with E-state index in [1.165, 1.54) is 6.42 Å². The van der Waals surface area contributed by atoms with Gasteiger partial charge in [0.2, 0.25) is 0 Å². The van der Waals surface area contributed by atoms with E-state index in [1.807, 2.05) is 6.92 Å². The molecule has 0 radical (unpaired) electrons. The Hall–Kier alpha value is -0.630. The fourth-order valence-corrected chi connectivity index (χ4v) is 1.21. The first-order chi connectivity index (χ1) is 6.20. The molecule has 0 heterocycles. The lowest BCUT2D eigenvalue weighted by Crippen LogP contribution is -2.02. The standard InChI is InChI=1S/C11H20O2/c1-3-4-5-6-11(13)9-10(2)7-8-12/h8-9,11,13H,3-7H2,1-2H3/b10-9+. The van der Waals surface area contributed by atoms with E-state index in [0.29, 0.717) is 6.42 Å². The van der Waals surface area contributed by atoms with Crippen LogP contribution in [0.3, 0.4) is 0 Å². The molecule has 0 rings (SSSR count). The van der Waals surface area contributed by atoms with Crippen LogP contribution in [0.1, 0.15) is 46.0 Å². The quantitative estimate of drug-likeness (QED) is 0.375. The Bertz CT molecular complexity index is 161. The van der Waals surface area contributed by atoms with Crippen molar-refractivity contribution in [3.05, 3.63) is 11.6 Å². The minimum Gasteiger partial charge on any atom is -0.389 e. The molecule has 0 fully saturated rings. The Labute approximate surface area is 80.7 Å². The van der Waals surface area contributed by atoms with Gasteiger partial charge in [0.05, 0.1) is 6.10 Å². The highest BCUT2D eigenvalue weighted by Gasteiger charge is 1.99. The molecule has 0 aromatic heterocycles. The lowest BCUT2D eigenvalue weighted by Gasteiger charge is -2.05. The van der Waals surface area contributed by atoms with Crippen molar-refractivity contribution in [2.24, 2.45) is 0 Å². The fraction of sp³-hybridized carbons (Fsp3) is 0.727. The topological polar surface area (TPSA) is 37.3 Å². The number of unbranched alkanes of at least 4 members (excludes halogenated alkanes) is 2. The number of aliphatic hydroxyl groups excluding tert-OH is 1. The van der Waals surface area contributed by atoms with Gasteiger partial charge in [-0.15, -0.1) is 0 Å². The van der Waals surface area contributed by atoms with E-state index in [2.05, 4.69) is 6.92 Å². The number of aldehydes is 1. The first-order valence-corrected chi connectivity index (χ1v) is 4.99. The second kappa shape index (κ2) is 7.99. The third kappa shape index (κ3) is 7.72. The summed E-state index contributed by atoms with van der Waals surface area (Å²) in [5, 5.41) is 9.48. The number of aliphatic hydroxyl groups is 1. The van der Waals surface area contributed by atoms with Crippen LogP contribution in [0.2, 0.25) is 0 Å². The Morgan fingerprint density at radius 3 is 2.69 bits per heavy atom. The van der Waals surface area contributed by atoms with Gasteiger partial charge in [-0.3, -0.25) is 0 Å². The van der Waals surface area contributed by atoms with E-state index < -0.39 is 0 Å². The highest BCUT2D eigenvalue weighted by atomic mass is 16.3. The predicted molar refractivity (Wildman–Crippen MR) is 54.6 cm³/mol. The van der Waals surface area contributed by atoms with Gasteiger partial charge in [0.15, 0.2) is 0 Å². The van der Waals surface area contributed by atoms with E-state index >= 15 is 0 Å². The summed E-state index contributed by atoms with van der Waals surface area (Å²) in [6.07, 6.45) is 6.92. The van der Waals surface area contributed by atoms with Crippen LogP contribution in [0.4, 0.5) is 0 Å². The molecule has 1 atom stereocenters. The zero-order valence-corrected chi connectivity index (χ0v) is 8.62. The Balaban J connectivity index is 3.63. The number of carbonyl (C=O) groups is 1. The maximum absolute atomic E-state index is 10.1. The van der Waals surface area contributed by atoms with Crippen LogP contribution >= 0.6 is 0 Å². The molecule has 1 N–H and O–H groups in total. The van der Waals surface area contributed by atoms with E-state index in [1.54, 1.807) is 6.08 Å². The summed E-state index contributed by atoms with van der Waals surface area (Å²) in [4.78, 5) is 10.1. The Morgan fingerprint density at radius 1 is 1.46 bits per heavy atom. The normalized spacial score (nSPS) is 14.2. The molecule has 13 heavy (non-hydrogen) atoms. The van der Waals surface area contributed by atoms with Crippen LogP contribution in [0, 0.1) is 0 Å². The molecule has 2 heteroatoms. The van der Waals surface area contributed by atoms with Crippen molar-refractivity contribution in [3.63, 3.8) is 0 Å². The first kappa shape index (κ1) is 12.4. The van der Waals surface area contributed by atoms with Crippen molar-refractivity contribution in [3.8, 4) is 0 Å². The average Bonchev–Trinajstić information content (AvgIpc) is 2.05. The first-order valence-electron chi connectivity index (χ1n) is 4.99. The Kier molecular flexibility index (Phi) is 7.60. The van der Waals surface area contributed by atoms with E-state index in [9.17, 15) is 9.90 Å². The molecule has 0 bridgehead atoms. The van der Waals surface area contributed by atoms with Crippen molar-refractivity contribution >= 4 is 6.29 Å². The molecule has 2 nitrogen and oxygen atoms in total. The third-order valence-corrected chi connectivity index (χ3v) is 1.99. The van der Waals surface area contributed by atoms with Gasteiger partial charge in [-0.25, -0.2) is 0 Å². The number of carbonyl (C=O) groups excluding carboxylic acids is 1. The maximum Gasteiger partial charge on any atom is 0.124 e. The van der Waals surface area contributed by atoms with Gasteiger partial charge in [-0.2, -0.15) is 0 Å². The molecule has 0 amide bonds. The van der Waals surface area contributed by atoms with E-state index in [0.717, 1.165) is 31.1 Å². The summed E-state index contributed by atoms with van der Waals surface area (Å²) in [6.45, 7) is 4.01. The van der Waals surface area contributed by atoms with Crippen LogP contribution in [-0.4, -0.2) is 17.5 Å². The van der Waals surface area contributed by atoms with Gasteiger partial charge in [-0.05, 0) is 13.3 Å². The van der Waals surface area contributed by atoms with Crippen molar-refractivity contribution in [2.45, 2.75) is 52.1 Å². The molecule has 0 aliphatic heterocycles.